The fourth-order valence-corrected chi connectivity index (χ4v) is 6.18. The van der Waals surface area contributed by atoms with Crippen molar-refractivity contribution >= 4 is 38.3 Å². The van der Waals surface area contributed by atoms with Crippen LogP contribution in [0, 0.1) is 11.6 Å². The monoisotopic (exact) mass is 586 g/mol. The number of benzene rings is 2. The molecule has 2 fully saturated rings. The summed E-state index contributed by atoms with van der Waals surface area (Å²) in [6.45, 7) is 0. The molecule has 0 spiro atoms. The number of amides is 1. The maximum atomic E-state index is 14.2. The molecule has 216 valence electrons. The molecule has 0 radical (unpaired) electrons. The van der Waals surface area contributed by atoms with Gasteiger partial charge in [-0.2, -0.15) is 21.6 Å². The number of anilines is 2. The molecule has 3 aromatic rings. The number of aromatic nitrogens is 2. The molecule has 5 rings (SSSR count). The van der Waals surface area contributed by atoms with Crippen LogP contribution in [0.15, 0.2) is 36.4 Å². The summed E-state index contributed by atoms with van der Waals surface area (Å²) in [7, 11) is -4.01. The maximum absolute atomic E-state index is 14.2. The first kappa shape index (κ1) is 28.3. The Labute approximate surface area is 227 Å². The molecule has 1 saturated carbocycles. The first-order valence-electron chi connectivity index (χ1n) is 12.8. The molecule has 1 N–H and O–H groups in total. The Hall–Kier alpha value is -3.26. The molecule has 2 aromatic carbocycles. The van der Waals surface area contributed by atoms with Gasteiger partial charge in [0.25, 0.3) is 0 Å². The topological polar surface area (TPSA) is 93.5 Å². The molecule has 1 aliphatic heterocycles. The van der Waals surface area contributed by atoms with Crippen molar-refractivity contribution in [1.82, 2.24) is 9.55 Å². The Morgan fingerprint density at radius 3 is 2.38 bits per heavy atom. The molecule has 1 aliphatic carbocycles. The lowest BCUT2D eigenvalue weighted by Gasteiger charge is -2.37. The van der Waals surface area contributed by atoms with Gasteiger partial charge in [-0.05, 0) is 68.9 Å². The highest BCUT2D eigenvalue weighted by Crippen LogP contribution is 2.41. The molecular weight excluding hydrogens is 559 g/mol. The maximum Gasteiger partial charge on any atom is 0.516 e. The number of rotatable bonds is 6. The molecule has 40 heavy (non-hydrogen) atoms. The largest absolute Gasteiger partial charge is 0.516 e. The third-order valence-corrected chi connectivity index (χ3v) is 8.66. The molecule has 8 nitrogen and oxygen atoms in total. The molecule has 14 heteroatoms. The van der Waals surface area contributed by atoms with Gasteiger partial charge in [0.1, 0.15) is 5.82 Å². The van der Waals surface area contributed by atoms with Gasteiger partial charge in [-0.3, -0.25) is 9.52 Å². The van der Waals surface area contributed by atoms with Crippen LogP contribution in [0.1, 0.15) is 62.9 Å². The normalized spacial score (nSPS) is 22.6. The van der Waals surface area contributed by atoms with Crippen LogP contribution in [0.2, 0.25) is 0 Å². The number of fused-ring (bicyclic) bond motifs is 1. The van der Waals surface area contributed by atoms with E-state index in [2.05, 4.69) is 0 Å². The van der Waals surface area contributed by atoms with Gasteiger partial charge >= 0.3 is 15.5 Å². The standard InChI is InChI=1S/C26H27F5N4O4S/c1-39-18-9-6-16(7-10-18)35-22-12-5-15(33-40(37,38)26(29,30)31)13-21(22)32-25(35)23-3-2-4-24(36)34(23)17-8-11-19(27)20(28)14-17/h5,8,11-14,16,18,23,33H,2-4,6-7,9-10H2,1H3. The summed E-state index contributed by atoms with van der Waals surface area (Å²) < 4.78 is 99.2. The van der Waals surface area contributed by atoms with Gasteiger partial charge in [-0.15, -0.1) is 0 Å². The third kappa shape index (κ3) is 5.26. The van der Waals surface area contributed by atoms with Gasteiger partial charge in [-0.25, -0.2) is 13.8 Å². The van der Waals surface area contributed by atoms with E-state index in [1.165, 1.54) is 29.2 Å². The zero-order valence-corrected chi connectivity index (χ0v) is 22.2. The average Bonchev–Trinajstić information content (AvgIpc) is 3.28. The van der Waals surface area contributed by atoms with E-state index in [1.807, 2.05) is 4.57 Å². The summed E-state index contributed by atoms with van der Waals surface area (Å²) in [6.07, 6.45) is 4.14. The molecule has 1 amide bonds. The Balaban J connectivity index is 1.62. The van der Waals surface area contributed by atoms with Gasteiger partial charge in [-0.1, -0.05) is 0 Å². The molecule has 1 unspecified atom stereocenters. The number of nitrogens with zero attached hydrogens (tertiary/aromatic N) is 3. The minimum absolute atomic E-state index is 0.0767. The van der Waals surface area contributed by atoms with Gasteiger partial charge < -0.3 is 14.2 Å². The number of halogens is 5. The first-order valence-corrected chi connectivity index (χ1v) is 14.3. The molecule has 1 saturated heterocycles. The predicted molar refractivity (Wildman–Crippen MR) is 137 cm³/mol. The van der Waals surface area contributed by atoms with Gasteiger partial charge in [0, 0.05) is 31.3 Å². The number of hydrogen-bond donors (Lipinski definition) is 1. The van der Waals surface area contributed by atoms with E-state index in [0.29, 0.717) is 37.0 Å². The fourth-order valence-electron chi connectivity index (χ4n) is 5.63. The van der Waals surface area contributed by atoms with Crippen LogP contribution in [0.3, 0.4) is 0 Å². The second-order valence-corrected chi connectivity index (χ2v) is 11.7. The second kappa shape index (κ2) is 10.6. The van der Waals surface area contributed by atoms with Gasteiger partial charge in [0.2, 0.25) is 5.91 Å². The summed E-state index contributed by atoms with van der Waals surface area (Å²) >= 11 is 0. The van der Waals surface area contributed by atoms with Crippen molar-refractivity contribution in [2.45, 2.75) is 68.6 Å². The number of piperidine rings is 1. The van der Waals surface area contributed by atoms with Crippen LogP contribution >= 0.6 is 0 Å². The highest BCUT2D eigenvalue weighted by molar-refractivity contribution is 7.93. The summed E-state index contributed by atoms with van der Waals surface area (Å²) in [5.41, 5.74) is -4.88. The van der Waals surface area contributed by atoms with E-state index in [-0.39, 0.29) is 41.4 Å². The zero-order valence-electron chi connectivity index (χ0n) is 21.4. The van der Waals surface area contributed by atoms with Crippen molar-refractivity contribution in [2.24, 2.45) is 0 Å². The number of hydrogen-bond acceptors (Lipinski definition) is 5. The molecular formula is C26H27F5N4O4S. The van der Waals surface area contributed by atoms with E-state index >= 15 is 0 Å². The van der Waals surface area contributed by atoms with Crippen molar-refractivity contribution in [3.05, 3.63) is 53.9 Å². The van der Waals surface area contributed by atoms with E-state index in [4.69, 9.17) is 9.72 Å². The first-order chi connectivity index (χ1) is 18.9. The van der Waals surface area contributed by atoms with Crippen LogP contribution in [-0.4, -0.2) is 42.6 Å². The number of sulfonamides is 1. The number of ether oxygens (including phenoxy) is 1. The van der Waals surface area contributed by atoms with E-state index < -0.39 is 33.2 Å². The van der Waals surface area contributed by atoms with Gasteiger partial charge in [0.05, 0.1) is 28.9 Å². The van der Waals surface area contributed by atoms with Crippen LogP contribution in [-0.2, 0) is 19.6 Å². The van der Waals surface area contributed by atoms with Crippen LogP contribution in [0.25, 0.3) is 11.0 Å². The lowest BCUT2D eigenvalue weighted by molar-refractivity contribution is -0.120. The van der Waals surface area contributed by atoms with Crippen molar-refractivity contribution < 1.29 is 39.9 Å². The molecule has 1 atom stereocenters. The van der Waals surface area contributed by atoms with E-state index in [1.54, 1.807) is 11.8 Å². The van der Waals surface area contributed by atoms with Crippen LogP contribution in [0.4, 0.5) is 33.3 Å². The minimum atomic E-state index is -5.65. The quantitative estimate of drug-likeness (QED) is 0.360. The van der Waals surface area contributed by atoms with Crippen LogP contribution in [0.5, 0.6) is 0 Å². The van der Waals surface area contributed by atoms with Gasteiger partial charge in [0.15, 0.2) is 11.6 Å². The lowest BCUT2D eigenvalue weighted by atomic mass is 9.92. The van der Waals surface area contributed by atoms with E-state index in [0.717, 1.165) is 25.0 Å². The molecule has 2 aliphatic rings. The zero-order chi connectivity index (χ0) is 28.8. The average molecular weight is 587 g/mol. The summed E-state index contributed by atoms with van der Waals surface area (Å²) in [5, 5.41) is 0. The fraction of sp³-hybridized carbons (Fsp3) is 0.462. The number of carbonyl (C=O) groups excluding carboxylic acids is 1. The number of imidazole rings is 1. The number of nitrogens with one attached hydrogen (secondary N) is 1. The molecule has 0 bridgehead atoms. The number of alkyl halides is 3. The SMILES string of the molecule is COC1CCC(n2c(C3CCCC(=O)N3c3ccc(F)c(F)c3)nc3cc(NS(=O)(=O)C(F)(F)F)ccc32)CC1. The summed E-state index contributed by atoms with van der Waals surface area (Å²) in [6, 6.07) is 6.38. The molecule has 2 heterocycles. The predicted octanol–water partition coefficient (Wildman–Crippen LogP) is 5.96. The van der Waals surface area contributed by atoms with Crippen molar-refractivity contribution in [1.29, 1.82) is 0 Å². The summed E-state index contributed by atoms with van der Waals surface area (Å²) in [4.78, 5) is 19.2. The Morgan fingerprint density at radius 1 is 1.00 bits per heavy atom. The Morgan fingerprint density at radius 2 is 1.73 bits per heavy atom. The molecule has 1 aromatic heterocycles. The lowest BCUT2D eigenvalue weighted by Crippen LogP contribution is -2.40. The van der Waals surface area contributed by atoms with Crippen molar-refractivity contribution in [2.75, 3.05) is 16.7 Å². The van der Waals surface area contributed by atoms with Crippen molar-refractivity contribution in [3.8, 4) is 0 Å². The Kier molecular flexibility index (Phi) is 7.50. The highest BCUT2D eigenvalue weighted by atomic mass is 32.2. The second-order valence-electron chi connectivity index (χ2n) is 10.0. The Bertz CT molecular complexity index is 1530. The smallest absolute Gasteiger partial charge is 0.381 e. The van der Waals surface area contributed by atoms with Crippen molar-refractivity contribution in [3.63, 3.8) is 0 Å². The number of methoxy groups -OCH3 is 1. The minimum Gasteiger partial charge on any atom is -0.381 e. The number of carbonyl (C=O) groups is 1. The third-order valence-electron chi connectivity index (χ3n) is 7.54. The van der Waals surface area contributed by atoms with Crippen LogP contribution < -0.4 is 9.62 Å². The highest BCUT2D eigenvalue weighted by Gasteiger charge is 2.46. The van der Waals surface area contributed by atoms with E-state index in [9.17, 15) is 35.2 Å². The summed E-state index contributed by atoms with van der Waals surface area (Å²) in [5.74, 6) is -2.03.